The van der Waals surface area contributed by atoms with E-state index in [1.807, 2.05) is 19.1 Å². The van der Waals surface area contributed by atoms with E-state index < -0.39 is 0 Å². The molecular formula is C18H15I2N5O2S. The molecule has 0 spiro atoms. The van der Waals surface area contributed by atoms with Crippen LogP contribution in [0.15, 0.2) is 36.2 Å². The van der Waals surface area contributed by atoms with E-state index in [9.17, 15) is 4.79 Å². The van der Waals surface area contributed by atoms with Gasteiger partial charge in [0.15, 0.2) is 0 Å². The van der Waals surface area contributed by atoms with E-state index in [-0.39, 0.29) is 5.91 Å². The number of nitrogen functional groups attached to an aromatic ring is 1. The van der Waals surface area contributed by atoms with E-state index in [2.05, 4.69) is 72.3 Å². The van der Waals surface area contributed by atoms with Crippen molar-refractivity contribution in [2.24, 2.45) is 5.10 Å². The minimum absolute atomic E-state index is 0.313. The molecule has 0 aliphatic rings. The Balaban J connectivity index is 1.76. The van der Waals surface area contributed by atoms with Crippen molar-refractivity contribution in [1.82, 2.24) is 15.4 Å². The number of nitrogens with zero attached hydrogens (tertiary/aromatic N) is 3. The molecule has 0 aliphatic heterocycles. The highest BCUT2D eigenvalue weighted by Gasteiger charge is 2.18. The van der Waals surface area contributed by atoms with Gasteiger partial charge in [-0.05, 0) is 75.4 Å². The number of aromatic nitrogens is 2. The SMILES string of the molecule is C=CCOc1c(I)cc(/C=N\NC(=O)c2sc3ncnc(N)c3c2C)cc1I. The van der Waals surface area contributed by atoms with Gasteiger partial charge in [0.25, 0.3) is 5.91 Å². The summed E-state index contributed by atoms with van der Waals surface area (Å²) in [4.78, 5) is 21.8. The number of thiophene rings is 1. The highest BCUT2D eigenvalue weighted by atomic mass is 127. The number of nitrogens with two attached hydrogens (primary N) is 1. The van der Waals surface area contributed by atoms with Crippen LogP contribution in [0.2, 0.25) is 0 Å². The van der Waals surface area contributed by atoms with Gasteiger partial charge in [0.1, 0.15) is 29.3 Å². The van der Waals surface area contributed by atoms with E-state index >= 15 is 0 Å². The van der Waals surface area contributed by atoms with Crippen LogP contribution in [0.1, 0.15) is 20.8 Å². The normalized spacial score (nSPS) is 11.1. The molecule has 3 rings (SSSR count). The first-order valence-corrected chi connectivity index (χ1v) is 11.0. The number of fused-ring (bicyclic) bond motifs is 1. The predicted molar refractivity (Wildman–Crippen MR) is 129 cm³/mol. The number of ether oxygens (including phenoxy) is 1. The van der Waals surface area contributed by atoms with E-state index in [0.717, 1.165) is 24.0 Å². The molecule has 3 N–H and O–H groups in total. The number of amides is 1. The number of nitrogens with one attached hydrogen (secondary N) is 1. The maximum atomic E-state index is 12.5. The second kappa shape index (κ2) is 9.13. The maximum Gasteiger partial charge on any atom is 0.281 e. The lowest BCUT2D eigenvalue weighted by atomic mass is 10.2. The van der Waals surface area contributed by atoms with E-state index in [0.29, 0.717) is 27.5 Å². The van der Waals surface area contributed by atoms with Crippen molar-refractivity contribution in [2.75, 3.05) is 12.3 Å². The van der Waals surface area contributed by atoms with Crippen molar-refractivity contribution in [1.29, 1.82) is 0 Å². The van der Waals surface area contributed by atoms with Gasteiger partial charge in [-0.2, -0.15) is 5.10 Å². The monoisotopic (exact) mass is 619 g/mol. The molecule has 144 valence electrons. The summed E-state index contributed by atoms with van der Waals surface area (Å²) in [6.07, 6.45) is 4.68. The number of carbonyl (C=O) groups excluding carboxylic acids is 1. The highest BCUT2D eigenvalue weighted by Crippen LogP contribution is 2.32. The van der Waals surface area contributed by atoms with Crippen molar-refractivity contribution in [3.8, 4) is 5.75 Å². The Morgan fingerprint density at radius 2 is 2.11 bits per heavy atom. The number of hydrogen-bond acceptors (Lipinski definition) is 7. The fourth-order valence-corrected chi connectivity index (χ4v) is 5.64. The van der Waals surface area contributed by atoms with Crippen molar-refractivity contribution < 1.29 is 9.53 Å². The number of hydrogen-bond donors (Lipinski definition) is 2. The van der Waals surface area contributed by atoms with E-state index in [4.69, 9.17) is 10.5 Å². The second-order valence-electron chi connectivity index (χ2n) is 5.61. The third kappa shape index (κ3) is 4.43. The van der Waals surface area contributed by atoms with E-state index in [1.165, 1.54) is 17.7 Å². The number of carbonyl (C=O) groups is 1. The highest BCUT2D eigenvalue weighted by molar-refractivity contribution is 14.1. The first-order chi connectivity index (χ1) is 13.4. The number of benzene rings is 1. The molecule has 0 fully saturated rings. The summed E-state index contributed by atoms with van der Waals surface area (Å²) < 4.78 is 7.56. The number of rotatable bonds is 6. The van der Waals surface area contributed by atoms with Gasteiger partial charge >= 0.3 is 0 Å². The number of hydrazone groups is 1. The molecule has 7 nitrogen and oxygen atoms in total. The average molecular weight is 619 g/mol. The van der Waals surface area contributed by atoms with Gasteiger partial charge in [0.05, 0.1) is 23.6 Å². The first kappa shape index (κ1) is 20.9. The zero-order valence-corrected chi connectivity index (χ0v) is 19.8. The standard InChI is InChI=1S/C18H15I2N5O2S/c1-3-4-27-14-11(19)5-10(6-12(14)20)7-24-25-17(26)15-9(2)13-16(21)22-8-23-18(13)28-15/h3,5-8H,1,4H2,2H3,(H,25,26)(H2,21,22,23)/b24-7-. The molecule has 0 saturated carbocycles. The Bertz CT molecular complexity index is 1070. The van der Waals surface area contributed by atoms with Crippen molar-refractivity contribution in [3.05, 3.63) is 54.3 Å². The van der Waals surface area contributed by atoms with Crippen molar-refractivity contribution in [2.45, 2.75) is 6.92 Å². The molecule has 28 heavy (non-hydrogen) atoms. The minimum Gasteiger partial charge on any atom is -0.487 e. The van der Waals surface area contributed by atoms with E-state index in [1.54, 1.807) is 12.3 Å². The Morgan fingerprint density at radius 1 is 1.39 bits per heavy atom. The molecule has 1 amide bonds. The van der Waals surface area contributed by atoms with Crippen LogP contribution in [0.25, 0.3) is 10.2 Å². The predicted octanol–water partition coefficient (Wildman–Crippen LogP) is 4.12. The molecular weight excluding hydrogens is 604 g/mol. The van der Waals surface area contributed by atoms with Gasteiger partial charge < -0.3 is 10.5 Å². The van der Waals surface area contributed by atoms with Gasteiger partial charge in [0.2, 0.25) is 0 Å². The van der Waals surface area contributed by atoms with Crippen LogP contribution in [-0.2, 0) is 0 Å². The summed E-state index contributed by atoms with van der Waals surface area (Å²) in [6.45, 7) is 5.92. The van der Waals surface area contributed by atoms with Crippen LogP contribution in [0, 0.1) is 14.1 Å². The average Bonchev–Trinajstić information content (AvgIpc) is 2.99. The van der Waals surface area contributed by atoms with Crippen LogP contribution < -0.4 is 15.9 Å². The van der Waals surface area contributed by atoms with Gasteiger partial charge in [-0.3, -0.25) is 4.79 Å². The third-order valence-corrected chi connectivity index (χ3v) is 6.51. The largest absolute Gasteiger partial charge is 0.487 e. The molecule has 1 aromatic carbocycles. The smallest absolute Gasteiger partial charge is 0.281 e. The summed E-state index contributed by atoms with van der Waals surface area (Å²) in [6, 6.07) is 3.86. The van der Waals surface area contributed by atoms with Crippen LogP contribution in [0.4, 0.5) is 5.82 Å². The fraction of sp³-hybridized carbons (Fsp3) is 0.111. The molecule has 0 saturated heterocycles. The Kier molecular flexibility index (Phi) is 6.82. The van der Waals surface area contributed by atoms with Gasteiger partial charge in [0, 0.05) is 0 Å². The molecule has 2 aromatic heterocycles. The Labute approximate surface area is 192 Å². The molecule has 0 atom stereocenters. The molecule has 0 unspecified atom stereocenters. The molecule has 0 radical (unpaired) electrons. The lowest BCUT2D eigenvalue weighted by Gasteiger charge is -2.09. The molecule has 2 heterocycles. The van der Waals surface area contributed by atoms with Gasteiger partial charge in [-0.15, -0.1) is 11.3 Å². The summed E-state index contributed by atoms with van der Waals surface area (Å²) in [5, 5.41) is 4.79. The van der Waals surface area contributed by atoms with Crippen LogP contribution in [0.5, 0.6) is 5.75 Å². The number of halogens is 2. The summed E-state index contributed by atoms with van der Waals surface area (Å²) in [5.74, 6) is 0.859. The topological polar surface area (TPSA) is 102 Å². The van der Waals surface area contributed by atoms with Crippen LogP contribution in [0.3, 0.4) is 0 Å². The number of aryl methyl sites for hydroxylation is 1. The number of anilines is 1. The van der Waals surface area contributed by atoms with Gasteiger partial charge in [-0.1, -0.05) is 12.7 Å². The third-order valence-electron chi connectivity index (χ3n) is 3.71. The Morgan fingerprint density at radius 3 is 2.75 bits per heavy atom. The quantitative estimate of drug-likeness (QED) is 0.187. The van der Waals surface area contributed by atoms with Crippen molar-refractivity contribution >= 4 is 84.7 Å². The zero-order chi connectivity index (χ0) is 20.3. The summed E-state index contributed by atoms with van der Waals surface area (Å²) in [7, 11) is 0. The summed E-state index contributed by atoms with van der Waals surface area (Å²) in [5.41, 5.74) is 10.1. The summed E-state index contributed by atoms with van der Waals surface area (Å²) >= 11 is 5.67. The van der Waals surface area contributed by atoms with Crippen LogP contribution in [-0.4, -0.2) is 28.7 Å². The Hall–Kier alpha value is -1.80. The zero-order valence-electron chi connectivity index (χ0n) is 14.7. The van der Waals surface area contributed by atoms with Crippen molar-refractivity contribution in [3.63, 3.8) is 0 Å². The molecule has 0 bridgehead atoms. The maximum absolute atomic E-state index is 12.5. The molecule has 3 aromatic rings. The second-order valence-corrected chi connectivity index (χ2v) is 8.93. The minimum atomic E-state index is -0.313. The molecule has 10 heteroatoms. The fourth-order valence-electron chi connectivity index (χ4n) is 2.47. The van der Waals surface area contributed by atoms with Crippen LogP contribution >= 0.6 is 56.5 Å². The lowest BCUT2D eigenvalue weighted by Crippen LogP contribution is -2.17. The lowest BCUT2D eigenvalue weighted by molar-refractivity contribution is 0.0958. The van der Waals surface area contributed by atoms with Gasteiger partial charge in [-0.25, -0.2) is 15.4 Å². The molecule has 0 aliphatic carbocycles. The first-order valence-electron chi connectivity index (χ1n) is 7.98.